The lowest BCUT2D eigenvalue weighted by atomic mass is 10.1. The van der Waals surface area contributed by atoms with Crippen molar-refractivity contribution in [3.05, 3.63) is 58.1 Å². The van der Waals surface area contributed by atoms with Gasteiger partial charge in [0.25, 0.3) is 5.91 Å². The van der Waals surface area contributed by atoms with E-state index in [0.29, 0.717) is 12.3 Å². The van der Waals surface area contributed by atoms with Crippen LogP contribution >= 0.6 is 15.9 Å². The lowest BCUT2D eigenvalue weighted by Crippen LogP contribution is -2.30. The van der Waals surface area contributed by atoms with Crippen LogP contribution in [0.5, 0.6) is 11.5 Å². The van der Waals surface area contributed by atoms with Gasteiger partial charge in [-0.15, -0.1) is 0 Å². The molecule has 0 bridgehead atoms. The molecule has 0 saturated carbocycles. The first kappa shape index (κ1) is 17.3. The molecule has 0 aliphatic heterocycles. The molecule has 4 nitrogen and oxygen atoms in total. The molecule has 0 unspecified atom stereocenters. The molecule has 0 fully saturated rings. The van der Waals surface area contributed by atoms with Gasteiger partial charge in [-0.1, -0.05) is 33.6 Å². The van der Waals surface area contributed by atoms with Gasteiger partial charge in [0.15, 0.2) is 6.61 Å². The van der Waals surface area contributed by atoms with Crippen LogP contribution in [0.3, 0.4) is 0 Å². The molecule has 1 amide bonds. The van der Waals surface area contributed by atoms with Crippen LogP contribution in [0.1, 0.15) is 11.1 Å². The van der Waals surface area contributed by atoms with E-state index in [4.69, 9.17) is 9.47 Å². The minimum Gasteiger partial charge on any atom is -0.496 e. The van der Waals surface area contributed by atoms with Crippen LogP contribution in [0.15, 0.2) is 46.9 Å². The third-order valence-corrected chi connectivity index (χ3v) is 3.86. The number of rotatable bonds is 7. The number of aryl methyl sites for hydroxylation is 1. The Hall–Kier alpha value is -2.01. The highest BCUT2D eigenvalue weighted by molar-refractivity contribution is 9.10. The van der Waals surface area contributed by atoms with E-state index in [1.807, 2.05) is 43.3 Å². The van der Waals surface area contributed by atoms with Gasteiger partial charge in [-0.05, 0) is 49.2 Å². The maximum absolute atomic E-state index is 11.8. The number of nitrogens with one attached hydrogen (secondary N) is 1. The van der Waals surface area contributed by atoms with E-state index in [1.165, 1.54) is 5.56 Å². The number of hydrogen-bond donors (Lipinski definition) is 1. The topological polar surface area (TPSA) is 47.6 Å². The molecule has 122 valence electrons. The van der Waals surface area contributed by atoms with E-state index in [1.54, 1.807) is 7.11 Å². The summed E-state index contributed by atoms with van der Waals surface area (Å²) in [6.07, 6.45) is 0.717. The molecule has 0 heterocycles. The van der Waals surface area contributed by atoms with E-state index < -0.39 is 0 Å². The highest BCUT2D eigenvalue weighted by Crippen LogP contribution is 2.19. The normalized spacial score (nSPS) is 10.2. The number of ether oxygens (including phenoxy) is 2. The average molecular weight is 378 g/mol. The summed E-state index contributed by atoms with van der Waals surface area (Å²) in [5.41, 5.74) is 2.26. The summed E-state index contributed by atoms with van der Waals surface area (Å²) >= 11 is 3.35. The van der Waals surface area contributed by atoms with Crippen LogP contribution in [-0.4, -0.2) is 26.2 Å². The molecule has 5 heteroatoms. The summed E-state index contributed by atoms with van der Waals surface area (Å²) in [6, 6.07) is 13.4. The standard InChI is InChI=1S/C18H20BrNO3/c1-13-3-8-17(22-2)14(11-13)9-10-20-18(21)12-23-16-6-4-15(19)5-7-16/h3-8,11H,9-10,12H2,1-2H3,(H,20,21). The second-order valence-corrected chi connectivity index (χ2v) is 6.07. The van der Waals surface area contributed by atoms with E-state index in [2.05, 4.69) is 27.3 Å². The second kappa shape index (κ2) is 8.58. The maximum atomic E-state index is 11.8. The predicted octanol–water partition coefficient (Wildman–Crippen LogP) is 3.50. The fraction of sp³-hybridized carbons (Fsp3) is 0.278. The molecule has 0 saturated heterocycles. The Balaban J connectivity index is 1.76. The smallest absolute Gasteiger partial charge is 0.257 e. The van der Waals surface area contributed by atoms with E-state index in [0.717, 1.165) is 22.2 Å². The van der Waals surface area contributed by atoms with Gasteiger partial charge in [0.05, 0.1) is 7.11 Å². The summed E-state index contributed by atoms with van der Waals surface area (Å²) in [6.45, 7) is 2.59. The van der Waals surface area contributed by atoms with Gasteiger partial charge in [-0.2, -0.15) is 0 Å². The highest BCUT2D eigenvalue weighted by atomic mass is 79.9. The van der Waals surface area contributed by atoms with Crippen molar-refractivity contribution < 1.29 is 14.3 Å². The van der Waals surface area contributed by atoms with Crippen LogP contribution in [0.4, 0.5) is 0 Å². The number of benzene rings is 2. The number of carbonyl (C=O) groups excluding carboxylic acids is 1. The molecule has 0 atom stereocenters. The van der Waals surface area contributed by atoms with Gasteiger partial charge >= 0.3 is 0 Å². The van der Waals surface area contributed by atoms with Gasteiger partial charge in [0.1, 0.15) is 11.5 Å². The van der Waals surface area contributed by atoms with Gasteiger partial charge in [-0.25, -0.2) is 0 Å². The Bertz CT molecular complexity index is 656. The van der Waals surface area contributed by atoms with Crippen LogP contribution < -0.4 is 14.8 Å². The van der Waals surface area contributed by atoms with Gasteiger partial charge in [0.2, 0.25) is 0 Å². The number of carbonyl (C=O) groups is 1. The zero-order chi connectivity index (χ0) is 16.7. The highest BCUT2D eigenvalue weighted by Gasteiger charge is 2.06. The van der Waals surface area contributed by atoms with Crippen molar-refractivity contribution in [2.75, 3.05) is 20.3 Å². The van der Waals surface area contributed by atoms with Crippen molar-refractivity contribution in [3.63, 3.8) is 0 Å². The molecule has 2 aromatic carbocycles. The van der Waals surface area contributed by atoms with E-state index in [9.17, 15) is 4.79 Å². The van der Waals surface area contributed by atoms with E-state index >= 15 is 0 Å². The number of methoxy groups -OCH3 is 1. The Kier molecular flexibility index (Phi) is 6.47. The minimum atomic E-state index is -0.139. The van der Waals surface area contributed by atoms with Gasteiger partial charge in [-0.3, -0.25) is 4.79 Å². The molecule has 0 radical (unpaired) electrons. The fourth-order valence-corrected chi connectivity index (χ4v) is 2.43. The molecule has 0 aromatic heterocycles. The first-order chi connectivity index (χ1) is 11.1. The zero-order valence-corrected chi connectivity index (χ0v) is 14.9. The van der Waals surface area contributed by atoms with Crippen LogP contribution in [0.2, 0.25) is 0 Å². The molecule has 0 aliphatic carbocycles. The second-order valence-electron chi connectivity index (χ2n) is 5.16. The molecule has 0 aliphatic rings. The van der Waals surface area contributed by atoms with Crippen molar-refractivity contribution >= 4 is 21.8 Å². The molecule has 2 aromatic rings. The average Bonchev–Trinajstić information content (AvgIpc) is 2.54. The van der Waals surface area contributed by atoms with Crippen LogP contribution in [-0.2, 0) is 11.2 Å². The SMILES string of the molecule is COc1ccc(C)cc1CCNC(=O)COc1ccc(Br)cc1. The molecule has 23 heavy (non-hydrogen) atoms. The molecule has 0 spiro atoms. The van der Waals surface area contributed by atoms with Crippen molar-refractivity contribution in [1.82, 2.24) is 5.32 Å². The quantitative estimate of drug-likeness (QED) is 0.802. The summed E-state index contributed by atoms with van der Waals surface area (Å²) in [5.74, 6) is 1.37. The summed E-state index contributed by atoms with van der Waals surface area (Å²) in [7, 11) is 1.65. The number of amides is 1. The van der Waals surface area contributed by atoms with Gasteiger partial charge < -0.3 is 14.8 Å². The predicted molar refractivity (Wildman–Crippen MR) is 94.1 cm³/mol. The number of halogens is 1. The third kappa shape index (κ3) is 5.60. The Morgan fingerprint density at radius 1 is 1.17 bits per heavy atom. The van der Waals surface area contributed by atoms with Crippen LogP contribution in [0, 0.1) is 6.92 Å². The molecule has 1 N–H and O–H groups in total. The van der Waals surface area contributed by atoms with Crippen molar-refractivity contribution in [2.45, 2.75) is 13.3 Å². The monoisotopic (exact) mass is 377 g/mol. The Morgan fingerprint density at radius 2 is 1.91 bits per heavy atom. The maximum Gasteiger partial charge on any atom is 0.257 e. The molecular weight excluding hydrogens is 358 g/mol. The minimum absolute atomic E-state index is 0.00653. The van der Waals surface area contributed by atoms with Gasteiger partial charge in [0, 0.05) is 11.0 Å². The van der Waals surface area contributed by atoms with Crippen molar-refractivity contribution in [3.8, 4) is 11.5 Å². The first-order valence-corrected chi connectivity index (χ1v) is 8.16. The number of hydrogen-bond acceptors (Lipinski definition) is 3. The fourth-order valence-electron chi connectivity index (χ4n) is 2.17. The first-order valence-electron chi connectivity index (χ1n) is 7.37. The lowest BCUT2D eigenvalue weighted by Gasteiger charge is -2.11. The summed E-state index contributed by atoms with van der Waals surface area (Å²) in [5, 5.41) is 2.85. The Morgan fingerprint density at radius 3 is 2.61 bits per heavy atom. The third-order valence-electron chi connectivity index (χ3n) is 3.34. The van der Waals surface area contributed by atoms with Crippen LogP contribution in [0.25, 0.3) is 0 Å². The van der Waals surface area contributed by atoms with E-state index in [-0.39, 0.29) is 12.5 Å². The summed E-state index contributed by atoms with van der Waals surface area (Å²) < 4.78 is 11.7. The largest absolute Gasteiger partial charge is 0.496 e. The molecule has 2 rings (SSSR count). The summed E-state index contributed by atoms with van der Waals surface area (Å²) in [4.78, 5) is 11.8. The van der Waals surface area contributed by atoms with Crippen molar-refractivity contribution in [1.29, 1.82) is 0 Å². The van der Waals surface area contributed by atoms with Crippen molar-refractivity contribution in [2.24, 2.45) is 0 Å². The lowest BCUT2D eigenvalue weighted by molar-refractivity contribution is -0.123. The Labute approximate surface area is 144 Å². The zero-order valence-electron chi connectivity index (χ0n) is 13.3. The molecular formula is C18H20BrNO3.